The van der Waals surface area contributed by atoms with Gasteiger partial charge >= 0.3 is 0 Å². The van der Waals surface area contributed by atoms with Crippen molar-refractivity contribution in [3.8, 4) is 0 Å². The van der Waals surface area contributed by atoms with Crippen molar-refractivity contribution in [1.29, 1.82) is 0 Å². The molecule has 17 heavy (non-hydrogen) atoms. The van der Waals surface area contributed by atoms with Crippen molar-refractivity contribution in [3.63, 3.8) is 0 Å². The quantitative estimate of drug-likeness (QED) is 0.865. The number of amides is 1. The molecule has 1 aromatic rings. The van der Waals surface area contributed by atoms with Crippen molar-refractivity contribution in [2.75, 3.05) is 5.32 Å². The summed E-state index contributed by atoms with van der Waals surface area (Å²) < 4.78 is 0. The van der Waals surface area contributed by atoms with Gasteiger partial charge in [-0.1, -0.05) is 38.8 Å². The van der Waals surface area contributed by atoms with Crippen LogP contribution in [0.1, 0.15) is 39.2 Å². The Morgan fingerprint density at radius 3 is 2.71 bits per heavy atom. The maximum atomic E-state index is 12.3. The molecule has 1 aromatic carbocycles. The van der Waals surface area contributed by atoms with Crippen molar-refractivity contribution in [2.24, 2.45) is 5.92 Å². The minimum Gasteiger partial charge on any atom is -0.325 e. The summed E-state index contributed by atoms with van der Waals surface area (Å²) in [4.78, 5) is 12.3. The van der Waals surface area contributed by atoms with E-state index in [9.17, 15) is 4.79 Å². The molecule has 92 valence electrons. The molecule has 1 N–H and O–H groups in total. The molecular formula is C14H18ClNO. The molecule has 1 aliphatic heterocycles. The molecule has 0 spiro atoms. The highest BCUT2D eigenvalue weighted by molar-refractivity contribution is 6.31. The van der Waals surface area contributed by atoms with Crippen LogP contribution >= 0.6 is 11.6 Å². The predicted molar refractivity (Wildman–Crippen MR) is 71.5 cm³/mol. The van der Waals surface area contributed by atoms with Crippen LogP contribution in [0.3, 0.4) is 0 Å². The lowest BCUT2D eigenvalue weighted by Gasteiger charge is -2.31. The Morgan fingerprint density at radius 2 is 2.12 bits per heavy atom. The normalized spacial score (nSPS) is 22.8. The van der Waals surface area contributed by atoms with Crippen molar-refractivity contribution in [2.45, 2.75) is 39.0 Å². The Hall–Kier alpha value is -1.02. The van der Waals surface area contributed by atoms with Crippen LogP contribution in [-0.2, 0) is 10.2 Å². The first-order valence-electron chi connectivity index (χ1n) is 6.14. The monoisotopic (exact) mass is 251 g/mol. The molecule has 2 nitrogen and oxygen atoms in total. The summed E-state index contributed by atoms with van der Waals surface area (Å²) in [6.07, 6.45) is 1.85. The topological polar surface area (TPSA) is 29.1 Å². The highest BCUT2D eigenvalue weighted by atomic mass is 35.5. The molecule has 1 aliphatic rings. The van der Waals surface area contributed by atoms with Crippen LogP contribution in [0, 0.1) is 5.92 Å². The Kier molecular flexibility index (Phi) is 3.17. The maximum Gasteiger partial charge on any atom is 0.235 e. The van der Waals surface area contributed by atoms with Crippen molar-refractivity contribution < 1.29 is 4.79 Å². The first-order valence-corrected chi connectivity index (χ1v) is 6.51. The summed E-state index contributed by atoms with van der Waals surface area (Å²) in [5.74, 6) is 0.383. The number of nitrogens with one attached hydrogen (secondary N) is 1. The van der Waals surface area contributed by atoms with Gasteiger partial charge in [-0.05, 0) is 36.1 Å². The molecule has 0 radical (unpaired) electrons. The average Bonchev–Trinajstić information content (AvgIpc) is 2.53. The fourth-order valence-corrected chi connectivity index (χ4v) is 3.03. The van der Waals surface area contributed by atoms with Crippen LogP contribution in [0.4, 0.5) is 5.69 Å². The summed E-state index contributed by atoms with van der Waals surface area (Å²) >= 11 is 6.06. The van der Waals surface area contributed by atoms with Crippen LogP contribution in [0.5, 0.6) is 0 Å². The van der Waals surface area contributed by atoms with Gasteiger partial charge < -0.3 is 5.32 Å². The molecule has 0 saturated carbocycles. The molecular weight excluding hydrogens is 234 g/mol. The second-order valence-electron chi connectivity index (χ2n) is 5.02. The number of halogens is 1. The Morgan fingerprint density at radius 1 is 1.41 bits per heavy atom. The van der Waals surface area contributed by atoms with Crippen LogP contribution in [0.2, 0.25) is 5.02 Å². The van der Waals surface area contributed by atoms with E-state index in [1.807, 2.05) is 18.2 Å². The lowest BCUT2D eigenvalue weighted by molar-refractivity contribution is -0.122. The standard InChI is InChI=1S/C14H18ClNO/c1-4-7-14(9(2)3)11-8-10(15)5-6-12(11)16-13(14)17/h5-6,8-9H,4,7H2,1-3H3,(H,16,17). The number of hydrogen-bond donors (Lipinski definition) is 1. The van der Waals surface area contributed by atoms with Gasteiger partial charge in [0, 0.05) is 10.7 Å². The number of hydrogen-bond acceptors (Lipinski definition) is 1. The van der Waals surface area contributed by atoms with Gasteiger partial charge in [-0.2, -0.15) is 0 Å². The smallest absolute Gasteiger partial charge is 0.235 e. The molecule has 3 heteroatoms. The van der Waals surface area contributed by atoms with E-state index in [1.54, 1.807) is 0 Å². The highest BCUT2D eigenvalue weighted by Crippen LogP contribution is 2.46. The molecule has 0 fully saturated rings. The highest BCUT2D eigenvalue weighted by Gasteiger charge is 2.48. The van der Waals surface area contributed by atoms with E-state index in [0.717, 1.165) is 24.1 Å². The van der Waals surface area contributed by atoms with Crippen LogP contribution in [-0.4, -0.2) is 5.91 Å². The van der Waals surface area contributed by atoms with Crippen LogP contribution < -0.4 is 5.32 Å². The number of carbonyl (C=O) groups excluding carboxylic acids is 1. The Labute approximate surface area is 107 Å². The fourth-order valence-electron chi connectivity index (χ4n) is 2.86. The Balaban J connectivity index is 2.61. The molecule has 1 unspecified atom stereocenters. The molecule has 1 amide bonds. The Bertz CT molecular complexity index is 456. The minimum atomic E-state index is -0.408. The molecule has 0 bridgehead atoms. The number of anilines is 1. The predicted octanol–water partition coefficient (Wildman–Crippen LogP) is 3.99. The molecule has 1 heterocycles. The third-order valence-corrected chi connectivity index (χ3v) is 3.98. The fraction of sp³-hybridized carbons (Fsp3) is 0.500. The van der Waals surface area contributed by atoms with E-state index < -0.39 is 5.41 Å². The van der Waals surface area contributed by atoms with Gasteiger partial charge in [-0.3, -0.25) is 4.79 Å². The summed E-state index contributed by atoms with van der Waals surface area (Å²) in [5.41, 5.74) is 1.57. The summed E-state index contributed by atoms with van der Waals surface area (Å²) in [6.45, 7) is 6.32. The average molecular weight is 252 g/mol. The van der Waals surface area contributed by atoms with Gasteiger partial charge in [0.1, 0.15) is 0 Å². The van der Waals surface area contributed by atoms with Gasteiger partial charge in [-0.15, -0.1) is 0 Å². The van der Waals surface area contributed by atoms with Crippen LogP contribution in [0.15, 0.2) is 18.2 Å². The number of fused-ring (bicyclic) bond motifs is 1. The largest absolute Gasteiger partial charge is 0.325 e. The third kappa shape index (κ3) is 1.75. The summed E-state index contributed by atoms with van der Waals surface area (Å²) in [7, 11) is 0. The van der Waals surface area contributed by atoms with Gasteiger partial charge in [0.2, 0.25) is 5.91 Å². The van der Waals surface area contributed by atoms with E-state index in [4.69, 9.17) is 11.6 Å². The second kappa shape index (κ2) is 4.34. The van der Waals surface area contributed by atoms with Crippen molar-refractivity contribution in [1.82, 2.24) is 0 Å². The third-order valence-electron chi connectivity index (χ3n) is 3.75. The van der Waals surface area contributed by atoms with E-state index in [-0.39, 0.29) is 11.8 Å². The zero-order valence-electron chi connectivity index (χ0n) is 10.5. The first-order chi connectivity index (χ1) is 8.02. The second-order valence-corrected chi connectivity index (χ2v) is 5.46. The number of benzene rings is 1. The SMILES string of the molecule is CCCC1(C(C)C)C(=O)Nc2ccc(Cl)cc21. The summed E-state index contributed by atoms with van der Waals surface area (Å²) in [5, 5.41) is 3.68. The van der Waals surface area contributed by atoms with Gasteiger partial charge in [0.25, 0.3) is 0 Å². The molecule has 2 rings (SSSR count). The lowest BCUT2D eigenvalue weighted by Crippen LogP contribution is -2.39. The molecule has 1 atom stereocenters. The lowest BCUT2D eigenvalue weighted by atomic mass is 9.69. The van der Waals surface area contributed by atoms with Crippen LogP contribution in [0.25, 0.3) is 0 Å². The van der Waals surface area contributed by atoms with E-state index in [1.165, 1.54) is 0 Å². The molecule has 0 saturated heterocycles. The van der Waals surface area contributed by atoms with Crippen molar-refractivity contribution >= 4 is 23.2 Å². The van der Waals surface area contributed by atoms with Gasteiger partial charge in [0.05, 0.1) is 5.41 Å². The molecule has 0 aromatic heterocycles. The summed E-state index contributed by atoms with van der Waals surface area (Å²) in [6, 6.07) is 5.66. The molecule has 0 aliphatic carbocycles. The maximum absolute atomic E-state index is 12.3. The minimum absolute atomic E-state index is 0.117. The van der Waals surface area contributed by atoms with E-state index in [2.05, 4.69) is 26.1 Å². The van der Waals surface area contributed by atoms with Gasteiger partial charge in [0.15, 0.2) is 0 Å². The zero-order chi connectivity index (χ0) is 12.6. The first kappa shape index (κ1) is 12.4. The van der Waals surface area contributed by atoms with Crippen molar-refractivity contribution in [3.05, 3.63) is 28.8 Å². The van der Waals surface area contributed by atoms with Gasteiger partial charge in [-0.25, -0.2) is 0 Å². The van der Waals surface area contributed by atoms with E-state index in [0.29, 0.717) is 5.02 Å². The number of carbonyl (C=O) groups is 1. The number of rotatable bonds is 3. The van der Waals surface area contributed by atoms with E-state index >= 15 is 0 Å². The zero-order valence-corrected chi connectivity index (χ0v) is 11.3.